The lowest BCUT2D eigenvalue weighted by Crippen LogP contribution is -2.62. The van der Waals surface area contributed by atoms with E-state index < -0.39 is 5.54 Å². The van der Waals surface area contributed by atoms with E-state index in [1.807, 2.05) is 30.3 Å². The molecule has 150 valence electrons. The minimum absolute atomic E-state index is 0.0120. The van der Waals surface area contributed by atoms with Crippen LogP contribution < -0.4 is 5.32 Å². The molecule has 1 aromatic carbocycles. The van der Waals surface area contributed by atoms with Gasteiger partial charge < -0.3 is 5.32 Å². The van der Waals surface area contributed by atoms with Crippen LogP contribution in [0.15, 0.2) is 41.5 Å². The third-order valence-corrected chi connectivity index (χ3v) is 6.89. The molecule has 1 saturated carbocycles. The summed E-state index contributed by atoms with van der Waals surface area (Å²) >= 11 is 0. The van der Waals surface area contributed by atoms with Gasteiger partial charge in [0.1, 0.15) is 0 Å². The lowest BCUT2D eigenvalue weighted by Gasteiger charge is -2.59. The van der Waals surface area contributed by atoms with Gasteiger partial charge in [0.15, 0.2) is 5.78 Å². The third-order valence-electron chi connectivity index (χ3n) is 6.89. The lowest BCUT2D eigenvalue weighted by molar-refractivity contribution is -0.120. The van der Waals surface area contributed by atoms with Crippen molar-refractivity contribution in [1.82, 2.24) is 5.32 Å². The SMILES string of the molecule is CC1(C)CC(=O)C2=C(C1)C[C@]1(C)CC(C)(C)C[C@@]2(NC(=O)c2ccccc2)C1. The van der Waals surface area contributed by atoms with E-state index in [2.05, 4.69) is 39.9 Å². The average molecular weight is 380 g/mol. The van der Waals surface area contributed by atoms with Crippen LogP contribution >= 0.6 is 0 Å². The molecule has 3 nitrogen and oxygen atoms in total. The fraction of sp³-hybridized carbons (Fsp3) is 0.600. The summed E-state index contributed by atoms with van der Waals surface area (Å²) in [5.74, 6) is 0.186. The van der Waals surface area contributed by atoms with Crippen LogP contribution in [0.2, 0.25) is 0 Å². The predicted molar refractivity (Wildman–Crippen MR) is 112 cm³/mol. The molecule has 1 fully saturated rings. The Morgan fingerprint density at radius 2 is 1.54 bits per heavy atom. The van der Waals surface area contributed by atoms with Crippen molar-refractivity contribution in [2.24, 2.45) is 16.2 Å². The van der Waals surface area contributed by atoms with Crippen molar-refractivity contribution in [2.45, 2.75) is 78.7 Å². The molecule has 3 aliphatic rings. The molecule has 0 saturated heterocycles. The van der Waals surface area contributed by atoms with Gasteiger partial charge in [0.05, 0.1) is 5.54 Å². The molecule has 4 rings (SSSR count). The molecule has 28 heavy (non-hydrogen) atoms. The van der Waals surface area contributed by atoms with Gasteiger partial charge in [-0.3, -0.25) is 9.59 Å². The van der Waals surface area contributed by atoms with Gasteiger partial charge in [-0.1, -0.05) is 58.4 Å². The second-order valence-electron chi connectivity index (χ2n) is 11.5. The summed E-state index contributed by atoms with van der Waals surface area (Å²) in [7, 11) is 0. The van der Waals surface area contributed by atoms with E-state index in [0.29, 0.717) is 12.0 Å². The van der Waals surface area contributed by atoms with Crippen molar-refractivity contribution in [3.8, 4) is 0 Å². The number of benzene rings is 1. The van der Waals surface area contributed by atoms with E-state index in [1.54, 1.807) is 0 Å². The second-order valence-corrected chi connectivity index (χ2v) is 11.5. The van der Waals surface area contributed by atoms with Crippen LogP contribution in [0, 0.1) is 16.2 Å². The van der Waals surface area contributed by atoms with Crippen LogP contribution in [0.5, 0.6) is 0 Å². The molecule has 3 heteroatoms. The molecule has 2 atom stereocenters. The summed E-state index contributed by atoms with van der Waals surface area (Å²) in [4.78, 5) is 26.6. The van der Waals surface area contributed by atoms with Gasteiger partial charge >= 0.3 is 0 Å². The molecule has 0 heterocycles. The Morgan fingerprint density at radius 3 is 2.21 bits per heavy atom. The highest BCUT2D eigenvalue weighted by molar-refractivity contribution is 6.02. The number of rotatable bonds is 2. The smallest absolute Gasteiger partial charge is 0.251 e. The number of ketones is 1. The maximum absolute atomic E-state index is 13.4. The maximum Gasteiger partial charge on any atom is 0.251 e. The number of Topliss-reactive ketones (excluding diaryl/α,β-unsaturated/α-hetero) is 1. The van der Waals surface area contributed by atoms with E-state index in [-0.39, 0.29) is 27.9 Å². The number of allylic oxidation sites excluding steroid dienone is 1. The molecular formula is C25H33NO2. The summed E-state index contributed by atoms with van der Waals surface area (Å²) in [5.41, 5.74) is 2.60. The minimum Gasteiger partial charge on any atom is -0.342 e. The van der Waals surface area contributed by atoms with Crippen LogP contribution in [0.25, 0.3) is 0 Å². The zero-order valence-electron chi connectivity index (χ0n) is 17.9. The zero-order chi connectivity index (χ0) is 20.4. The van der Waals surface area contributed by atoms with E-state index in [0.717, 1.165) is 37.7 Å². The van der Waals surface area contributed by atoms with Crippen molar-refractivity contribution < 1.29 is 9.59 Å². The quantitative estimate of drug-likeness (QED) is 0.741. The van der Waals surface area contributed by atoms with Gasteiger partial charge in [-0.2, -0.15) is 0 Å². The topological polar surface area (TPSA) is 46.2 Å². The van der Waals surface area contributed by atoms with Gasteiger partial charge in [-0.05, 0) is 60.5 Å². The van der Waals surface area contributed by atoms with Gasteiger partial charge in [-0.15, -0.1) is 0 Å². The number of carbonyl (C=O) groups is 2. The maximum atomic E-state index is 13.4. The van der Waals surface area contributed by atoms with Crippen LogP contribution in [0.3, 0.4) is 0 Å². The molecular weight excluding hydrogens is 346 g/mol. The zero-order valence-corrected chi connectivity index (χ0v) is 17.9. The Labute approximate surface area is 169 Å². The first-order chi connectivity index (χ1) is 12.9. The van der Waals surface area contributed by atoms with Gasteiger partial charge in [0.25, 0.3) is 5.91 Å². The Morgan fingerprint density at radius 1 is 0.857 bits per heavy atom. The Hall–Kier alpha value is -1.90. The van der Waals surface area contributed by atoms with E-state index in [9.17, 15) is 9.59 Å². The fourth-order valence-electron chi connectivity index (χ4n) is 6.94. The van der Waals surface area contributed by atoms with E-state index in [4.69, 9.17) is 0 Å². The number of hydrogen-bond donors (Lipinski definition) is 1. The Balaban J connectivity index is 1.82. The summed E-state index contributed by atoms with van der Waals surface area (Å²) < 4.78 is 0. The highest BCUT2D eigenvalue weighted by Gasteiger charge is 2.58. The van der Waals surface area contributed by atoms with Gasteiger partial charge in [0, 0.05) is 17.6 Å². The number of amides is 1. The van der Waals surface area contributed by atoms with Crippen LogP contribution in [0.1, 0.15) is 83.5 Å². The molecule has 0 radical (unpaired) electrons. The first kappa shape index (κ1) is 19.4. The molecule has 0 aromatic heterocycles. The van der Waals surface area contributed by atoms with Gasteiger partial charge in [-0.25, -0.2) is 0 Å². The lowest BCUT2D eigenvalue weighted by atomic mass is 9.48. The fourth-order valence-corrected chi connectivity index (χ4v) is 6.94. The number of fused-ring (bicyclic) bond motifs is 3. The standard InChI is InChI=1S/C25H33NO2/c1-22(2)11-18-12-24(5)14-23(3,4)15-25(16-24,20(18)19(27)13-22)26-21(28)17-9-7-6-8-10-17/h6-10H,11-16H2,1-5H3,(H,26,28)/t24-,25-/m1/s1. The molecule has 0 aliphatic heterocycles. The number of carbonyl (C=O) groups excluding carboxylic acids is 2. The van der Waals surface area contributed by atoms with Crippen molar-refractivity contribution in [3.05, 3.63) is 47.0 Å². The summed E-state index contributed by atoms with van der Waals surface area (Å²) in [6.45, 7) is 11.3. The molecule has 0 unspecified atom stereocenters. The second kappa shape index (κ2) is 6.05. The Bertz CT molecular complexity index is 864. The molecule has 3 aliphatic carbocycles. The van der Waals surface area contributed by atoms with Crippen LogP contribution in [0.4, 0.5) is 0 Å². The third kappa shape index (κ3) is 3.33. The Kier molecular flexibility index (Phi) is 4.19. The molecule has 1 amide bonds. The highest BCUT2D eigenvalue weighted by atomic mass is 16.2. The normalized spacial score (nSPS) is 33.2. The van der Waals surface area contributed by atoms with Crippen molar-refractivity contribution in [2.75, 3.05) is 0 Å². The molecule has 2 bridgehead atoms. The van der Waals surface area contributed by atoms with Crippen LogP contribution in [-0.4, -0.2) is 17.2 Å². The van der Waals surface area contributed by atoms with Crippen molar-refractivity contribution in [3.63, 3.8) is 0 Å². The first-order valence-electron chi connectivity index (χ1n) is 10.6. The number of hydrogen-bond acceptors (Lipinski definition) is 2. The molecule has 1 N–H and O–H groups in total. The van der Waals surface area contributed by atoms with E-state index in [1.165, 1.54) is 5.57 Å². The van der Waals surface area contributed by atoms with Crippen molar-refractivity contribution >= 4 is 11.7 Å². The van der Waals surface area contributed by atoms with Crippen LogP contribution in [-0.2, 0) is 4.79 Å². The minimum atomic E-state index is -0.537. The summed E-state index contributed by atoms with van der Waals surface area (Å²) in [5, 5.41) is 3.40. The summed E-state index contributed by atoms with van der Waals surface area (Å²) in [6, 6.07) is 9.40. The van der Waals surface area contributed by atoms with E-state index >= 15 is 0 Å². The summed E-state index contributed by atoms with van der Waals surface area (Å²) in [6.07, 6.45) is 5.36. The monoisotopic (exact) mass is 379 g/mol. The highest BCUT2D eigenvalue weighted by Crippen LogP contribution is 2.61. The predicted octanol–water partition coefficient (Wildman–Crippen LogP) is 5.46. The number of nitrogens with one attached hydrogen (secondary N) is 1. The largest absolute Gasteiger partial charge is 0.342 e. The van der Waals surface area contributed by atoms with Crippen molar-refractivity contribution in [1.29, 1.82) is 0 Å². The average Bonchev–Trinajstić information content (AvgIpc) is 2.50. The van der Waals surface area contributed by atoms with Gasteiger partial charge in [0.2, 0.25) is 0 Å². The molecule has 1 aromatic rings. The first-order valence-corrected chi connectivity index (χ1v) is 10.6. The molecule has 0 spiro atoms.